The minimum Gasteiger partial charge on any atom is -0.376 e. The maximum Gasteiger partial charge on any atom is 0.142 e. The summed E-state index contributed by atoms with van der Waals surface area (Å²) in [5, 5.41) is 16.4. The van der Waals surface area contributed by atoms with Gasteiger partial charge in [0.15, 0.2) is 0 Å². The van der Waals surface area contributed by atoms with E-state index in [0.29, 0.717) is 5.02 Å². The molecule has 0 aromatic heterocycles. The summed E-state index contributed by atoms with van der Waals surface area (Å²) in [6.07, 6.45) is 0. The molecule has 0 atom stereocenters. The molecule has 0 radical (unpaired) electrons. The normalized spacial score (nSPS) is 23.9. The minimum absolute atomic E-state index is 0.333. The Hall–Kier alpha value is -1.66. The van der Waals surface area contributed by atoms with Gasteiger partial charge in [-0.05, 0) is 40.8 Å². The minimum atomic E-state index is -1.74. The van der Waals surface area contributed by atoms with Gasteiger partial charge in [-0.2, -0.15) is 0 Å². The molecule has 3 aromatic carbocycles. The van der Waals surface area contributed by atoms with Crippen LogP contribution in [0.1, 0.15) is 40.3 Å². The van der Waals surface area contributed by atoms with Gasteiger partial charge >= 0.3 is 0 Å². The molecule has 1 nitrogen and oxygen atoms in total. The fourth-order valence-electron chi connectivity index (χ4n) is 6.09. The summed E-state index contributed by atoms with van der Waals surface area (Å²) in [6, 6.07) is 19.5. The molecule has 0 saturated carbocycles. The van der Waals surface area contributed by atoms with E-state index in [9.17, 15) is 5.11 Å². The monoisotopic (exact) mass is 462 g/mol. The third kappa shape index (κ3) is 2.52. The molecule has 3 aromatic rings. The molecule has 0 fully saturated rings. The molecular weight excluding hydrogens is 432 g/mol. The Balaban J connectivity index is 2.07. The Bertz CT molecular complexity index is 1180. The molecule has 2 bridgehead atoms. The topological polar surface area (TPSA) is 20.2 Å². The van der Waals surface area contributed by atoms with Gasteiger partial charge in [-0.3, -0.25) is 0 Å². The van der Waals surface area contributed by atoms with E-state index >= 15 is 0 Å². The highest BCUT2D eigenvalue weighted by Crippen LogP contribution is 2.61. The van der Waals surface area contributed by atoms with Crippen LogP contribution in [0.4, 0.5) is 0 Å². The molecule has 4 heteroatoms. The van der Waals surface area contributed by atoms with Gasteiger partial charge in [-0.1, -0.05) is 110 Å². The van der Waals surface area contributed by atoms with Crippen LogP contribution in [0.2, 0.25) is 44.3 Å². The molecule has 0 unspecified atom stereocenters. The Morgan fingerprint density at radius 1 is 0.645 bits per heavy atom. The summed E-state index contributed by atoms with van der Waals surface area (Å²) in [7, 11) is -3.49. The molecule has 6 rings (SSSR count). The van der Waals surface area contributed by atoms with Crippen LogP contribution in [0.25, 0.3) is 0 Å². The number of aliphatic hydroxyl groups is 1. The summed E-state index contributed by atoms with van der Waals surface area (Å²) >= 11 is 6.92. The summed E-state index contributed by atoms with van der Waals surface area (Å²) in [5.74, 6) is 0. The van der Waals surface area contributed by atoms with Gasteiger partial charge in [0.25, 0.3) is 0 Å². The molecule has 160 valence electrons. The molecule has 0 heterocycles. The van der Waals surface area contributed by atoms with Crippen molar-refractivity contribution >= 4 is 38.1 Å². The van der Waals surface area contributed by atoms with E-state index in [1.807, 2.05) is 12.1 Å². The van der Waals surface area contributed by atoms with Crippen molar-refractivity contribution in [2.24, 2.45) is 0 Å². The first-order chi connectivity index (χ1) is 14.3. The third-order valence-corrected chi connectivity index (χ3v) is 11.8. The van der Waals surface area contributed by atoms with Crippen LogP contribution in [0.15, 0.2) is 54.6 Å². The fourth-order valence-corrected chi connectivity index (χ4v) is 9.72. The van der Waals surface area contributed by atoms with E-state index in [1.165, 1.54) is 21.5 Å². The second kappa shape index (κ2) is 6.23. The SMILES string of the molecule is CC12c3cccc(Cl)c3C(O)(c3c1cccc3[Si](C)(C)C)c1c2cccc1[Si](C)(C)C. The average Bonchev–Trinajstić information content (AvgIpc) is 2.69. The lowest BCUT2D eigenvalue weighted by Crippen LogP contribution is -2.59. The first-order valence-electron chi connectivity index (χ1n) is 11.1. The zero-order valence-corrected chi connectivity index (χ0v) is 22.3. The average molecular weight is 463 g/mol. The zero-order chi connectivity index (χ0) is 22.6. The van der Waals surface area contributed by atoms with Gasteiger partial charge in [0.05, 0.1) is 16.1 Å². The number of benzene rings is 3. The lowest BCUT2D eigenvalue weighted by molar-refractivity contribution is 0.110. The van der Waals surface area contributed by atoms with E-state index in [4.69, 9.17) is 11.6 Å². The highest BCUT2D eigenvalue weighted by Gasteiger charge is 2.59. The van der Waals surface area contributed by atoms with Crippen molar-refractivity contribution in [3.8, 4) is 0 Å². The van der Waals surface area contributed by atoms with Crippen LogP contribution in [0.5, 0.6) is 0 Å². The zero-order valence-electron chi connectivity index (χ0n) is 19.5. The van der Waals surface area contributed by atoms with Gasteiger partial charge in [0.2, 0.25) is 0 Å². The predicted octanol–water partition coefficient (Wildman–Crippen LogP) is 5.70. The van der Waals surface area contributed by atoms with E-state index in [1.54, 1.807) is 0 Å². The van der Waals surface area contributed by atoms with Gasteiger partial charge in [0.1, 0.15) is 5.60 Å². The standard InChI is InChI=1S/C27H31ClOSi2/c1-26-17-11-8-14-20(28)23(17)27(29,24-18(26)12-9-15-21(24)30(2,3)4)25-19(26)13-10-16-22(25)31(5,6)7/h8-16,29H,1-7H3. The number of rotatable bonds is 2. The van der Waals surface area contributed by atoms with Crippen molar-refractivity contribution in [1.29, 1.82) is 0 Å². The fraction of sp³-hybridized carbons (Fsp3) is 0.333. The largest absolute Gasteiger partial charge is 0.376 e. The second-order valence-corrected chi connectivity index (χ2v) is 21.9. The van der Waals surface area contributed by atoms with E-state index in [0.717, 1.165) is 22.3 Å². The molecule has 0 spiro atoms. The maximum atomic E-state index is 13.0. The Morgan fingerprint density at radius 3 is 1.45 bits per heavy atom. The number of hydrogen-bond donors (Lipinski definition) is 1. The lowest BCUT2D eigenvalue weighted by Gasteiger charge is -2.56. The first kappa shape index (κ1) is 21.2. The molecule has 3 aliphatic carbocycles. The van der Waals surface area contributed by atoms with Crippen molar-refractivity contribution < 1.29 is 5.11 Å². The van der Waals surface area contributed by atoms with Crippen molar-refractivity contribution in [1.82, 2.24) is 0 Å². The molecule has 3 aliphatic rings. The van der Waals surface area contributed by atoms with Crippen molar-refractivity contribution in [2.45, 2.75) is 57.2 Å². The summed E-state index contributed by atoms with van der Waals surface area (Å²) in [6.45, 7) is 16.6. The smallest absolute Gasteiger partial charge is 0.142 e. The molecule has 0 aliphatic heterocycles. The first-order valence-corrected chi connectivity index (χ1v) is 18.5. The Kier molecular flexibility index (Phi) is 4.26. The molecular formula is C27H31ClOSi2. The van der Waals surface area contributed by atoms with Crippen molar-refractivity contribution in [2.75, 3.05) is 0 Å². The van der Waals surface area contributed by atoms with Crippen molar-refractivity contribution in [3.05, 3.63) is 93.0 Å². The summed E-state index contributed by atoms with van der Waals surface area (Å²) in [4.78, 5) is 0. The summed E-state index contributed by atoms with van der Waals surface area (Å²) < 4.78 is 0. The Morgan fingerprint density at radius 2 is 1.03 bits per heavy atom. The van der Waals surface area contributed by atoms with Crippen molar-refractivity contribution in [3.63, 3.8) is 0 Å². The van der Waals surface area contributed by atoms with Crippen LogP contribution < -0.4 is 10.4 Å². The highest BCUT2D eigenvalue weighted by atomic mass is 35.5. The molecule has 1 N–H and O–H groups in total. The van der Waals surface area contributed by atoms with Crippen LogP contribution in [0.3, 0.4) is 0 Å². The predicted molar refractivity (Wildman–Crippen MR) is 138 cm³/mol. The van der Waals surface area contributed by atoms with Crippen LogP contribution in [-0.2, 0) is 11.0 Å². The van der Waals surface area contributed by atoms with E-state index in [-0.39, 0.29) is 5.41 Å². The highest BCUT2D eigenvalue weighted by molar-refractivity contribution is 6.89. The lowest BCUT2D eigenvalue weighted by atomic mass is 9.52. The summed E-state index contributed by atoms with van der Waals surface area (Å²) in [5.41, 5.74) is 5.18. The van der Waals surface area contributed by atoms with E-state index in [2.05, 4.69) is 88.7 Å². The van der Waals surface area contributed by atoms with Crippen LogP contribution in [-0.4, -0.2) is 21.3 Å². The van der Waals surface area contributed by atoms with Gasteiger partial charge in [-0.15, -0.1) is 0 Å². The van der Waals surface area contributed by atoms with Crippen LogP contribution >= 0.6 is 11.6 Å². The van der Waals surface area contributed by atoms with E-state index < -0.39 is 21.7 Å². The second-order valence-electron chi connectivity index (χ2n) is 11.5. The van der Waals surface area contributed by atoms with Crippen LogP contribution in [0, 0.1) is 0 Å². The number of halogens is 1. The molecule has 0 amide bonds. The third-order valence-electron chi connectivity index (χ3n) is 7.46. The Labute approximate surface area is 193 Å². The molecule has 31 heavy (non-hydrogen) atoms. The van der Waals surface area contributed by atoms with Gasteiger partial charge in [-0.25, -0.2) is 0 Å². The number of hydrogen-bond acceptors (Lipinski definition) is 1. The maximum absolute atomic E-state index is 13.0. The molecule has 0 saturated heterocycles. The van der Waals surface area contributed by atoms with Gasteiger partial charge in [0, 0.05) is 16.0 Å². The van der Waals surface area contributed by atoms with Gasteiger partial charge < -0.3 is 5.11 Å². The quantitative estimate of drug-likeness (QED) is 0.484.